The fourth-order valence-electron chi connectivity index (χ4n) is 2.45. The first kappa shape index (κ1) is 13.0. The lowest BCUT2D eigenvalue weighted by Gasteiger charge is -2.28. The average molecular weight is 253 g/mol. The van der Waals surface area contributed by atoms with Crippen molar-refractivity contribution in [3.05, 3.63) is 16.1 Å². The molecule has 0 radical (unpaired) electrons. The molecule has 2 heterocycles. The van der Waals surface area contributed by atoms with E-state index in [1.54, 1.807) is 0 Å². The van der Waals surface area contributed by atoms with Crippen molar-refractivity contribution in [1.29, 1.82) is 0 Å². The standard InChI is InChI=1S/C13H23N3S/c1-14-7-3-6-13-15-12(10-17-13)11-5-4-8-16(2)9-11/h10-11,14H,3-9H2,1-2H3. The van der Waals surface area contributed by atoms with Gasteiger partial charge in [0.25, 0.3) is 0 Å². The van der Waals surface area contributed by atoms with Crippen LogP contribution in [0, 0.1) is 0 Å². The van der Waals surface area contributed by atoms with Gasteiger partial charge in [-0.2, -0.15) is 0 Å². The number of likely N-dealkylation sites (N-methyl/N-ethyl adjacent to an activating group) is 1. The number of nitrogens with zero attached hydrogens (tertiary/aromatic N) is 2. The van der Waals surface area contributed by atoms with E-state index in [0.29, 0.717) is 5.92 Å². The molecule has 2 rings (SSSR count). The molecule has 3 nitrogen and oxygen atoms in total. The SMILES string of the molecule is CNCCCc1nc(C2CCCN(C)C2)cs1. The van der Waals surface area contributed by atoms with E-state index in [-0.39, 0.29) is 0 Å². The summed E-state index contributed by atoms with van der Waals surface area (Å²) in [5.74, 6) is 0.669. The predicted molar refractivity (Wildman–Crippen MR) is 73.8 cm³/mol. The summed E-state index contributed by atoms with van der Waals surface area (Å²) >= 11 is 1.84. The molecule has 4 heteroatoms. The summed E-state index contributed by atoms with van der Waals surface area (Å²) < 4.78 is 0. The Morgan fingerprint density at radius 1 is 1.59 bits per heavy atom. The molecule has 0 aromatic carbocycles. The Hall–Kier alpha value is -0.450. The van der Waals surface area contributed by atoms with E-state index < -0.39 is 0 Å². The van der Waals surface area contributed by atoms with E-state index in [9.17, 15) is 0 Å². The Morgan fingerprint density at radius 2 is 2.47 bits per heavy atom. The summed E-state index contributed by atoms with van der Waals surface area (Å²) in [6.45, 7) is 3.51. The number of hydrogen-bond donors (Lipinski definition) is 1. The van der Waals surface area contributed by atoms with E-state index in [1.165, 1.54) is 43.1 Å². The smallest absolute Gasteiger partial charge is 0.0928 e. The minimum atomic E-state index is 0.669. The number of rotatable bonds is 5. The number of hydrogen-bond acceptors (Lipinski definition) is 4. The minimum absolute atomic E-state index is 0.669. The highest BCUT2D eigenvalue weighted by atomic mass is 32.1. The highest BCUT2D eigenvalue weighted by Crippen LogP contribution is 2.27. The molecule has 1 saturated heterocycles. The van der Waals surface area contributed by atoms with Gasteiger partial charge in [-0.3, -0.25) is 0 Å². The normalized spacial score (nSPS) is 21.9. The number of nitrogens with one attached hydrogen (secondary N) is 1. The fraction of sp³-hybridized carbons (Fsp3) is 0.769. The van der Waals surface area contributed by atoms with E-state index in [1.807, 2.05) is 18.4 Å². The van der Waals surface area contributed by atoms with Gasteiger partial charge < -0.3 is 10.2 Å². The van der Waals surface area contributed by atoms with Crippen LogP contribution in [0.1, 0.15) is 35.9 Å². The van der Waals surface area contributed by atoms with Crippen molar-refractivity contribution in [3.63, 3.8) is 0 Å². The van der Waals surface area contributed by atoms with Gasteiger partial charge in [0.1, 0.15) is 0 Å². The number of piperidine rings is 1. The van der Waals surface area contributed by atoms with Crippen LogP contribution in [0.5, 0.6) is 0 Å². The summed E-state index contributed by atoms with van der Waals surface area (Å²) in [6.07, 6.45) is 4.93. The summed E-state index contributed by atoms with van der Waals surface area (Å²) in [5.41, 5.74) is 1.33. The lowest BCUT2D eigenvalue weighted by Crippen LogP contribution is -2.30. The second kappa shape index (κ2) is 6.47. The largest absolute Gasteiger partial charge is 0.320 e. The average Bonchev–Trinajstić information content (AvgIpc) is 2.78. The summed E-state index contributed by atoms with van der Waals surface area (Å²) in [5, 5.41) is 6.77. The molecule has 0 aliphatic carbocycles. The highest BCUT2D eigenvalue weighted by Gasteiger charge is 2.20. The molecule has 0 saturated carbocycles. The van der Waals surface area contributed by atoms with Crippen LogP contribution in [-0.2, 0) is 6.42 Å². The number of thiazole rings is 1. The third kappa shape index (κ3) is 3.76. The summed E-state index contributed by atoms with van der Waals surface area (Å²) in [7, 11) is 4.22. The van der Waals surface area contributed by atoms with Gasteiger partial charge in [-0.15, -0.1) is 11.3 Å². The van der Waals surface area contributed by atoms with E-state index in [2.05, 4.69) is 22.6 Å². The third-order valence-corrected chi connectivity index (χ3v) is 4.36. The molecule has 96 valence electrons. The molecule has 17 heavy (non-hydrogen) atoms. The molecule has 0 spiro atoms. The quantitative estimate of drug-likeness (QED) is 0.815. The molecular formula is C13H23N3S. The Labute approximate surface area is 108 Å². The van der Waals surface area contributed by atoms with Crippen molar-refractivity contribution in [2.45, 2.75) is 31.6 Å². The van der Waals surface area contributed by atoms with Crippen LogP contribution in [0.2, 0.25) is 0 Å². The van der Waals surface area contributed by atoms with Gasteiger partial charge in [-0.1, -0.05) is 0 Å². The van der Waals surface area contributed by atoms with Crippen LogP contribution in [0.3, 0.4) is 0 Å². The molecule has 1 unspecified atom stereocenters. The molecule has 1 N–H and O–H groups in total. The van der Waals surface area contributed by atoms with Crippen molar-refractivity contribution in [2.75, 3.05) is 33.7 Å². The molecule has 1 aromatic rings. The maximum absolute atomic E-state index is 4.80. The molecule has 0 bridgehead atoms. The van der Waals surface area contributed by atoms with E-state index in [0.717, 1.165) is 13.0 Å². The van der Waals surface area contributed by atoms with Crippen LogP contribution in [0.25, 0.3) is 0 Å². The van der Waals surface area contributed by atoms with Gasteiger partial charge in [-0.25, -0.2) is 4.98 Å². The van der Waals surface area contributed by atoms with Gasteiger partial charge >= 0.3 is 0 Å². The lowest BCUT2D eigenvalue weighted by molar-refractivity contribution is 0.249. The molecule has 1 atom stereocenters. The van der Waals surface area contributed by atoms with Crippen LogP contribution < -0.4 is 5.32 Å². The van der Waals surface area contributed by atoms with Crippen molar-refractivity contribution >= 4 is 11.3 Å². The third-order valence-electron chi connectivity index (χ3n) is 3.43. The molecular weight excluding hydrogens is 230 g/mol. The Kier molecular flexibility index (Phi) is 4.95. The van der Waals surface area contributed by atoms with Gasteiger partial charge in [-0.05, 0) is 46.4 Å². The van der Waals surface area contributed by atoms with Crippen LogP contribution in [-0.4, -0.2) is 43.6 Å². The maximum atomic E-state index is 4.80. The van der Waals surface area contributed by atoms with Gasteiger partial charge in [0.15, 0.2) is 0 Å². The van der Waals surface area contributed by atoms with E-state index >= 15 is 0 Å². The zero-order chi connectivity index (χ0) is 12.1. The Morgan fingerprint density at radius 3 is 3.24 bits per heavy atom. The van der Waals surface area contributed by atoms with Crippen molar-refractivity contribution in [2.24, 2.45) is 0 Å². The van der Waals surface area contributed by atoms with Crippen molar-refractivity contribution < 1.29 is 0 Å². The van der Waals surface area contributed by atoms with Crippen LogP contribution in [0.4, 0.5) is 0 Å². The first-order valence-electron chi connectivity index (χ1n) is 6.57. The molecule has 1 fully saturated rings. The van der Waals surface area contributed by atoms with Gasteiger partial charge in [0.2, 0.25) is 0 Å². The number of aromatic nitrogens is 1. The van der Waals surface area contributed by atoms with E-state index in [4.69, 9.17) is 4.98 Å². The topological polar surface area (TPSA) is 28.2 Å². The maximum Gasteiger partial charge on any atom is 0.0928 e. The predicted octanol–water partition coefficient (Wildman–Crippen LogP) is 2.10. The Bertz CT molecular complexity index is 337. The lowest BCUT2D eigenvalue weighted by atomic mass is 9.96. The van der Waals surface area contributed by atoms with Gasteiger partial charge in [0, 0.05) is 24.3 Å². The molecule has 1 aliphatic rings. The highest BCUT2D eigenvalue weighted by molar-refractivity contribution is 7.09. The van der Waals surface area contributed by atoms with Gasteiger partial charge in [0.05, 0.1) is 10.7 Å². The van der Waals surface area contributed by atoms with Crippen molar-refractivity contribution in [1.82, 2.24) is 15.2 Å². The monoisotopic (exact) mass is 253 g/mol. The summed E-state index contributed by atoms with van der Waals surface area (Å²) in [6, 6.07) is 0. The number of likely N-dealkylation sites (tertiary alicyclic amines) is 1. The first-order chi connectivity index (χ1) is 8.29. The molecule has 0 amide bonds. The van der Waals surface area contributed by atoms with Crippen molar-refractivity contribution in [3.8, 4) is 0 Å². The minimum Gasteiger partial charge on any atom is -0.320 e. The second-order valence-electron chi connectivity index (χ2n) is 4.97. The number of aryl methyl sites for hydroxylation is 1. The second-order valence-corrected chi connectivity index (χ2v) is 5.92. The molecule has 1 aromatic heterocycles. The zero-order valence-electron chi connectivity index (χ0n) is 10.9. The van der Waals surface area contributed by atoms with Crippen LogP contribution in [0.15, 0.2) is 5.38 Å². The molecule has 1 aliphatic heterocycles. The zero-order valence-corrected chi connectivity index (χ0v) is 11.7. The Balaban J connectivity index is 1.88. The first-order valence-corrected chi connectivity index (χ1v) is 7.45. The van der Waals surface area contributed by atoms with Crippen LogP contribution >= 0.6 is 11.3 Å². The fourth-order valence-corrected chi connectivity index (χ4v) is 3.37. The summed E-state index contributed by atoms with van der Waals surface area (Å²) in [4.78, 5) is 7.23.